The van der Waals surface area contributed by atoms with Crippen LogP contribution < -0.4 is 4.57 Å². The molecule has 0 aliphatic carbocycles. The third-order valence-corrected chi connectivity index (χ3v) is 4.40. The molecule has 0 N–H and O–H groups in total. The molecule has 0 atom stereocenters. The van der Waals surface area contributed by atoms with Crippen LogP contribution in [0.25, 0.3) is 11.3 Å². The summed E-state index contributed by atoms with van der Waals surface area (Å²) in [7, 11) is 1.99. The van der Waals surface area contributed by atoms with E-state index in [4.69, 9.17) is 0 Å². The maximum atomic E-state index is 14.6. The molecule has 0 spiro atoms. The SMILES string of the molecule is Cc1cc(C(C)(C)C)ccc1-c1cc(F)c(C(C)(C)C)c[n+]1C. The summed E-state index contributed by atoms with van der Waals surface area (Å²) >= 11 is 0. The van der Waals surface area contributed by atoms with Crippen molar-refractivity contribution in [1.82, 2.24) is 0 Å². The summed E-state index contributed by atoms with van der Waals surface area (Å²) in [6.07, 6.45) is 1.92. The van der Waals surface area contributed by atoms with E-state index >= 15 is 0 Å². The van der Waals surface area contributed by atoms with Crippen molar-refractivity contribution in [2.24, 2.45) is 7.05 Å². The van der Waals surface area contributed by atoms with E-state index < -0.39 is 0 Å². The Morgan fingerprint density at radius 1 is 0.913 bits per heavy atom. The van der Waals surface area contributed by atoms with Gasteiger partial charge in [0.25, 0.3) is 0 Å². The topological polar surface area (TPSA) is 3.88 Å². The highest BCUT2D eigenvalue weighted by Gasteiger charge is 2.25. The highest BCUT2D eigenvalue weighted by atomic mass is 19.1. The minimum atomic E-state index is -0.203. The molecule has 1 nitrogen and oxygen atoms in total. The van der Waals surface area contributed by atoms with Crippen molar-refractivity contribution in [3.05, 3.63) is 53.0 Å². The van der Waals surface area contributed by atoms with Crippen molar-refractivity contribution in [3.8, 4) is 11.3 Å². The number of hydrogen-bond acceptors (Lipinski definition) is 0. The largest absolute Gasteiger partial charge is 0.215 e. The quantitative estimate of drug-likeness (QED) is 0.635. The van der Waals surface area contributed by atoms with Crippen LogP contribution >= 0.6 is 0 Å². The number of aromatic nitrogens is 1. The standard InChI is InChI=1S/C21H29FN/c1-14-11-15(20(2,3)4)9-10-16(14)19-12-18(22)17(13-23(19)8)21(5,6)7/h9-13H,1-8H3/q+1. The summed E-state index contributed by atoms with van der Waals surface area (Å²) in [5, 5.41) is 0. The minimum Gasteiger partial charge on any atom is -0.206 e. The fourth-order valence-corrected chi connectivity index (χ4v) is 2.86. The van der Waals surface area contributed by atoms with Gasteiger partial charge in [-0.2, -0.15) is 0 Å². The first kappa shape index (κ1) is 17.7. The fraction of sp³-hybridized carbons (Fsp3) is 0.476. The first-order valence-electron chi connectivity index (χ1n) is 8.22. The summed E-state index contributed by atoms with van der Waals surface area (Å²) in [5.74, 6) is -0.134. The minimum absolute atomic E-state index is 0.118. The fourth-order valence-electron chi connectivity index (χ4n) is 2.86. The lowest BCUT2D eigenvalue weighted by molar-refractivity contribution is -0.661. The molecule has 0 aliphatic heterocycles. The highest BCUT2D eigenvalue weighted by Crippen LogP contribution is 2.30. The summed E-state index contributed by atoms with van der Waals surface area (Å²) in [6.45, 7) is 14.8. The Hall–Kier alpha value is -1.70. The third kappa shape index (κ3) is 3.63. The van der Waals surface area contributed by atoms with Gasteiger partial charge in [0, 0.05) is 11.6 Å². The van der Waals surface area contributed by atoms with Gasteiger partial charge in [-0.25, -0.2) is 8.96 Å². The van der Waals surface area contributed by atoms with Crippen LogP contribution in [0.1, 0.15) is 58.2 Å². The molecule has 0 unspecified atom stereocenters. The van der Waals surface area contributed by atoms with Gasteiger partial charge in [-0.15, -0.1) is 0 Å². The molecular weight excluding hydrogens is 285 g/mol. The molecule has 0 bridgehead atoms. The van der Waals surface area contributed by atoms with E-state index in [1.807, 2.05) is 38.6 Å². The Bertz CT molecular complexity index is 731. The Morgan fingerprint density at radius 3 is 2.00 bits per heavy atom. The number of nitrogens with zero attached hydrogens (tertiary/aromatic N) is 1. The molecule has 1 heterocycles. The Kier molecular flexibility index (Phi) is 4.40. The molecule has 2 aromatic rings. The lowest BCUT2D eigenvalue weighted by Gasteiger charge is -2.21. The first-order chi connectivity index (χ1) is 10.4. The second-order valence-electron chi connectivity index (χ2n) is 8.56. The first-order valence-corrected chi connectivity index (χ1v) is 8.22. The van der Waals surface area contributed by atoms with Crippen molar-refractivity contribution >= 4 is 0 Å². The number of rotatable bonds is 1. The van der Waals surface area contributed by atoms with Gasteiger partial charge in [-0.05, 0) is 34.9 Å². The monoisotopic (exact) mass is 314 g/mol. The second kappa shape index (κ2) is 5.74. The lowest BCUT2D eigenvalue weighted by atomic mass is 9.84. The van der Waals surface area contributed by atoms with E-state index in [1.54, 1.807) is 6.07 Å². The molecule has 1 aromatic carbocycles. The predicted octanol–water partition coefficient (Wildman–Crippen LogP) is 5.22. The summed E-state index contributed by atoms with van der Waals surface area (Å²) in [6, 6.07) is 8.14. The molecule has 0 saturated heterocycles. The zero-order valence-electron chi connectivity index (χ0n) is 15.7. The zero-order chi connectivity index (χ0) is 17.6. The predicted molar refractivity (Wildman–Crippen MR) is 95.1 cm³/mol. The Balaban J connectivity index is 2.58. The van der Waals surface area contributed by atoms with Gasteiger partial charge < -0.3 is 0 Å². The lowest BCUT2D eigenvalue weighted by Crippen LogP contribution is -2.34. The number of aryl methyl sites for hydroxylation is 2. The van der Waals surface area contributed by atoms with Gasteiger partial charge in [-0.1, -0.05) is 53.7 Å². The van der Waals surface area contributed by atoms with E-state index in [0.29, 0.717) is 0 Å². The number of hydrogen-bond donors (Lipinski definition) is 0. The van der Waals surface area contributed by atoms with Gasteiger partial charge in [-0.3, -0.25) is 0 Å². The van der Waals surface area contributed by atoms with Gasteiger partial charge in [0.15, 0.2) is 6.20 Å². The maximum Gasteiger partial charge on any atom is 0.215 e. The Morgan fingerprint density at radius 2 is 1.52 bits per heavy atom. The molecule has 0 radical (unpaired) electrons. The van der Waals surface area contributed by atoms with Crippen LogP contribution in [0.15, 0.2) is 30.5 Å². The van der Waals surface area contributed by atoms with Crippen molar-refractivity contribution < 1.29 is 8.96 Å². The van der Waals surface area contributed by atoms with Crippen LogP contribution in [0.2, 0.25) is 0 Å². The molecule has 2 heteroatoms. The van der Waals surface area contributed by atoms with E-state index in [1.165, 1.54) is 11.1 Å². The van der Waals surface area contributed by atoms with E-state index in [0.717, 1.165) is 16.8 Å². The van der Waals surface area contributed by atoms with Crippen molar-refractivity contribution in [2.75, 3.05) is 0 Å². The normalized spacial score (nSPS) is 12.6. The number of benzene rings is 1. The van der Waals surface area contributed by atoms with E-state index in [-0.39, 0.29) is 16.6 Å². The van der Waals surface area contributed by atoms with Crippen LogP contribution in [0.5, 0.6) is 0 Å². The van der Waals surface area contributed by atoms with Crippen LogP contribution in [0.3, 0.4) is 0 Å². The van der Waals surface area contributed by atoms with Crippen LogP contribution in [0, 0.1) is 12.7 Å². The molecule has 0 aliphatic rings. The molecule has 0 amide bonds. The van der Waals surface area contributed by atoms with Crippen molar-refractivity contribution in [2.45, 2.75) is 59.3 Å². The second-order valence-corrected chi connectivity index (χ2v) is 8.56. The molecule has 1 aromatic heterocycles. The summed E-state index contributed by atoms with van der Waals surface area (Å²) in [5.41, 5.74) is 5.13. The van der Waals surface area contributed by atoms with Gasteiger partial charge in [0.1, 0.15) is 12.9 Å². The van der Waals surface area contributed by atoms with Crippen molar-refractivity contribution in [3.63, 3.8) is 0 Å². The van der Waals surface area contributed by atoms with Gasteiger partial charge in [0.05, 0.1) is 5.56 Å². The van der Waals surface area contributed by atoms with Crippen LogP contribution in [-0.4, -0.2) is 0 Å². The van der Waals surface area contributed by atoms with E-state index in [9.17, 15) is 4.39 Å². The maximum absolute atomic E-state index is 14.6. The molecule has 2 rings (SSSR count). The summed E-state index contributed by atoms with van der Waals surface area (Å²) in [4.78, 5) is 0. The van der Waals surface area contributed by atoms with Crippen LogP contribution in [0.4, 0.5) is 4.39 Å². The summed E-state index contributed by atoms with van der Waals surface area (Å²) < 4.78 is 16.6. The molecule has 23 heavy (non-hydrogen) atoms. The smallest absolute Gasteiger partial charge is 0.206 e. The van der Waals surface area contributed by atoms with E-state index in [2.05, 4.69) is 45.9 Å². The van der Waals surface area contributed by atoms with Gasteiger partial charge >= 0.3 is 0 Å². The average molecular weight is 314 g/mol. The molecular formula is C21H29FN+. The number of pyridine rings is 1. The zero-order valence-corrected chi connectivity index (χ0v) is 15.7. The van der Waals surface area contributed by atoms with Crippen LogP contribution in [-0.2, 0) is 17.9 Å². The Labute approximate surface area is 140 Å². The van der Waals surface area contributed by atoms with Gasteiger partial charge in [0.2, 0.25) is 5.69 Å². The molecule has 0 fully saturated rings. The number of halogens is 1. The third-order valence-electron chi connectivity index (χ3n) is 4.40. The molecule has 124 valence electrons. The highest BCUT2D eigenvalue weighted by molar-refractivity contribution is 5.62. The molecule has 0 saturated carbocycles. The van der Waals surface area contributed by atoms with Crippen molar-refractivity contribution in [1.29, 1.82) is 0 Å². The average Bonchev–Trinajstić information content (AvgIpc) is 2.39.